The van der Waals surface area contributed by atoms with E-state index in [0.717, 1.165) is 22.3 Å². The molecule has 2 heterocycles. The molecule has 0 fully saturated rings. The molecule has 0 amide bonds. The van der Waals surface area contributed by atoms with E-state index in [2.05, 4.69) is 0 Å². The van der Waals surface area contributed by atoms with Gasteiger partial charge in [0, 0.05) is 40.2 Å². The average molecular weight is 344 g/mol. The van der Waals surface area contributed by atoms with Gasteiger partial charge in [-0.15, -0.1) is 0 Å². The lowest BCUT2D eigenvalue weighted by molar-refractivity contribution is 0.0224. The van der Waals surface area contributed by atoms with Crippen LogP contribution in [0.15, 0.2) is 54.6 Å². The number of nitrogens with two attached hydrogens (primary N) is 2. The van der Waals surface area contributed by atoms with E-state index in [1.807, 2.05) is 37.3 Å². The Morgan fingerprint density at radius 1 is 0.808 bits per heavy atom. The van der Waals surface area contributed by atoms with Gasteiger partial charge in [-0.1, -0.05) is 17.7 Å². The number of esters is 1. The molecule has 0 saturated heterocycles. The van der Waals surface area contributed by atoms with Crippen LogP contribution in [-0.4, -0.2) is 5.97 Å². The Kier molecular flexibility index (Phi) is 2.73. The van der Waals surface area contributed by atoms with Crippen LogP contribution in [0.1, 0.15) is 32.6 Å². The van der Waals surface area contributed by atoms with Crippen LogP contribution in [0.5, 0.6) is 11.5 Å². The molecule has 0 atom stereocenters. The number of benzene rings is 3. The summed E-state index contributed by atoms with van der Waals surface area (Å²) in [7, 11) is 0. The number of hydrogen-bond donors (Lipinski definition) is 2. The topological polar surface area (TPSA) is 87.6 Å². The molecule has 0 radical (unpaired) electrons. The summed E-state index contributed by atoms with van der Waals surface area (Å²) >= 11 is 0. The molecule has 3 aromatic rings. The second-order valence-corrected chi connectivity index (χ2v) is 6.73. The number of ether oxygens (including phenoxy) is 2. The van der Waals surface area contributed by atoms with Gasteiger partial charge < -0.3 is 20.9 Å². The summed E-state index contributed by atoms with van der Waals surface area (Å²) in [5.41, 5.74) is 15.8. The highest BCUT2D eigenvalue weighted by Crippen LogP contribution is 2.56. The molecule has 0 aromatic heterocycles. The maximum absolute atomic E-state index is 12.7. The van der Waals surface area contributed by atoms with Crippen molar-refractivity contribution in [3.05, 3.63) is 82.4 Å². The van der Waals surface area contributed by atoms with Gasteiger partial charge in [0.25, 0.3) is 0 Å². The van der Waals surface area contributed by atoms with Gasteiger partial charge in [0.1, 0.15) is 11.5 Å². The van der Waals surface area contributed by atoms with E-state index in [-0.39, 0.29) is 5.97 Å². The van der Waals surface area contributed by atoms with Gasteiger partial charge in [-0.05, 0) is 37.3 Å². The first kappa shape index (κ1) is 14.8. The highest BCUT2D eigenvalue weighted by molar-refractivity contribution is 5.97. The summed E-state index contributed by atoms with van der Waals surface area (Å²) in [6.45, 7) is 1.95. The van der Waals surface area contributed by atoms with Crippen molar-refractivity contribution < 1.29 is 14.3 Å². The summed E-state index contributed by atoms with van der Waals surface area (Å²) in [6.07, 6.45) is 0. The summed E-state index contributed by atoms with van der Waals surface area (Å²) in [5.74, 6) is 0.768. The van der Waals surface area contributed by atoms with Gasteiger partial charge in [-0.2, -0.15) is 0 Å². The minimum Gasteiger partial charge on any atom is -0.456 e. The Labute approximate surface area is 150 Å². The molecule has 4 N–H and O–H groups in total. The molecule has 2 aliphatic heterocycles. The van der Waals surface area contributed by atoms with E-state index in [1.165, 1.54) is 0 Å². The van der Waals surface area contributed by atoms with Crippen molar-refractivity contribution in [1.29, 1.82) is 0 Å². The smallest absolute Gasteiger partial charge is 0.340 e. The van der Waals surface area contributed by atoms with E-state index < -0.39 is 5.60 Å². The number of hydrogen-bond acceptors (Lipinski definition) is 5. The lowest BCUT2D eigenvalue weighted by atomic mass is 9.77. The van der Waals surface area contributed by atoms with Crippen LogP contribution >= 0.6 is 0 Å². The fourth-order valence-electron chi connectivity index (χ4n) is 3.88. The molecule has 0 bridgehead atoms. The highest BCUT2D eigenvalue weighted by Gasteiger charge is 2.53. The Morgan fingerprint density at radius 2 is 1.38 bits per heavy atom. The van der Waals surface area contributed by atoms with Gasteiger partial charge in [-0.25, -0.2) is 4.79 Å². The summed E-state index contributed by atoms with van der Waals surface area (Å²) in [6, 6.07) is 16.5. The van der Waals surface area contributed by atoms with E-state index in [9.17, 15) is 4.79 Å². The van der Waals surface area contributed by atoms with E-state index in [0.29, 0.717) is 28.4 Å². The maximum Gasteiger partial charge on any atom is 0.340 e. The van der Waals surface area contributed by atoms with Crippen LogP contribution in [-0.2, 0) is 10.3 Å². The number of aryl methyl sites for hydroxylation is 1. The third-order valence-corrected chi connectivity index (χ3v) is 5.01. The molecule has 26 heavy (non-hydrogen) atoms. The predicted octanol–water partition coefficient (Wildman–Crippen LogP) is 3.73. The molecule has 5 rings (SSSR count). The van der Waals surface area contributed by atoms with Crippen molar-refractivity contribution in [2.24, 2.45) is 0 Å². The SMILES string of the molecule is Cc1ccc2c(c1)C(=O)OC21c2ccc(N)cc2Oc2cc(N)ccc21. The summed E-state index contributed by atoms with van der Waals surface area (Å²) < 4.78 is 12.1. The Bertz CT molecular complexity index is 1050. The van der Waals surface area contributed by atoms with Gasteiger partial charge in [-0.3, -0.25) is 0 Å². The molecule has 128 valence electrons. The summed E-state index contributed by atoms with van der Waals surface area (Å²) in [5, 5.41) is 0. The van der Waals surface area contributed by atoms with E-state index in [4.69, 9.17) is 20.9 Å². The Hall–Kier alpha value is -3.47. The zero-order chi connectivity index (χ0) is 18.1. The largest absolute Gasteiger partial charge is 0.456 e. The van der Waals surface area contributed by atoms with Crippen molar-refractivity contribution in [3.63, 3.8) is 0 Å². The van der Waals surface area contributed by atoms with Crippen molar-refractivity contribution >= 4 is 17.3 Å². The molecule has 5 nitrogen and oxygen atoms in total. The van der Waals surface area contributed by atoms with Crippen LogP contribution in [0, 0.1) is 6.92 Å². The Balaban J connectivity index is 1.90. The molecule has 0 saturated carbocycles. The molecule has 0 unspecified atom stereocenters. The van der Waals surface area contributed by atoms with Crippen LogP contribution in [0.2, 0.25) is 0 Å². The Morgan fingerprint density at radius 3 is 2.00 bits per heavy atom. The molecular formula is C21H16N2O3. The minimum absolute atomic E-state index is 0.351. The van der Waals surface area contributed by atoms with E-state index >= 15 is 0 Å². The standard InChI is InChI=1S/C21H16N2O3/c1-11-2-5-15-14(8-11)20(24)26-21(15)16-6-3-12(22)9-18(16)25-19-10-13(23)4-7-17(19)21/h2-10H,22-23H2,1H3. The first-order chi connectivity index (χ1) is 12.5. The summed E-state index contributed by atoms with van der Waals surface area (Å²) in [4.78, 5) is 12.7. The van der Waals surface area contributed by atoms with Crippen molar-refractivity contribution in [2.45, 2.75) is 12.5 Å². The van der Waals surface area contributed by atoms with Crippen molar-refractivity contribution in [3.8, 4) is 11.5 Å². The second-order valence-electron chi connectivity index (χ2n) is 6.73. The van der Waals surface area contributed by atoms with Crippen molar-refractivity contribution in [1.82, 2.24) is 0 Å². The first-order valence-electron chi connectivity index (χ1n) is 8.31. The third-order valence-electron chi connectivity index (χ3n) is 5.01. The first-order valence-corrected chi connectivity index (χ1v) is 8.31. The lowest BCUT2D eigenvalue weighted by Crippen LogP contribution is -2.33. The van der Waals surface area contributed by atoms with Crippen LogP contribution in [0.4, 0.5) is 11.4 Å². The highest BCUT2D eigenvalue weighted by atomic mass is 16.6. The monoisotopic (exact) mass is 344 g/mol. The van der Waals surface area contributed by atoms with Crippen molar-refractivity contribution in [2.75, 3.05) is 11.5 Å². The van der Waals surface area contributed by atoms with Gasteiger partial charge >= 0.3 is 5.97 Å². The van der Waals surface area contributed by atoms with Crippen LogP contribution in [0.3, 0.4) is 0 Å². The molecule has 3 aromatic carbocycles. The molecule has 2 aliphatic rings. The zero-order valence-corrected chi connectivity index (χ0v) is 14.1. The number of carbonyl (C=O) groups is 1. The van der Waals surface area contributed by atoms with Gasteiger partial charge in [0.05, 0.1) is 5.56 Å². The van der Waals surface area contributed by atoms with Crippen LogP contribution < -0.4 is 16.2 Å². The second kappa shape index (κ2) is 4.79. The number of fused-ring (bicyclic) bond motifs is 6. The van der Waals surface area contributed by atoms with Gasteiger partial charge in [0.2, 0.25) is 0 Å². The lowest BCUT2D eigenvalue weighted by Gasteiger charge is -2.36. The normalized spacial score (nSPS) is 15.7. The minimum atomic E-state index is -1.07. The molecular weight excluding hydrogens is 328 g/mol. The number of rotatable bonds is 0. The molecule has 0 aliphatic carbocycles. The predicted molar refractivity (Wildman–Crippen MR) is 98.3 cm³/mol. The number of carbonyl (C=O) groups excluding carboxylic acids is 1. The molecule has 5 heteroatoms. The fourth-order valence-corrected chi connectivity index (χ4v) is 3.88. The van der Waals surface area contributed by atoms with Gasteiger partial charge in [0.15, 0.2) is 5.60 Å². The third kappa shape index (κ3) is 1.77. The zero-order valence-electron chi connectivity index (χ0n) is 14.1. The quantitative estimate of drug-likeness (QED) is 0.479. The number of anilines is 2. The maximum atomic E-state index is 12.7. The fraction of sp³-hybridized carbons (Fsp3) is 0.0952. The van der Waals surface area contributed by atoms with E-state index in [1.54, 1.807) is 24.3 Å². The van der Waals surface area contributed by atoms with Crippen LogP contribution in [0.25, 0.3) is 0 Å². The average Bonchev–Trinajstić information content (AvgIpc) is 2.87. The molecule has 1 spiro atoms. The number of nitrogen functional groups attached to an aromatic ring is 2.